The Bertz CT molecular complexity index is 561. The average Bonchev–Trinajstić information content (AvgIpc) is 2.48. The topological polar surface area (TPSA) is 55.1 Å². The molecule has 3 N–H and O–H groups in total. The summed E-state index contributed by atoms with van der Waals surface area (Å²) in [6, 6.07) is 6.92. The summed E-state index contributed by atoms with van der Waals surface area (Å²) in [5.41, 5.74) is 6.45. The molecule has 2 aliphatic carbocycles. The Morgan fingerprint density at radius 2 is 1.83 bits per heavy atom. The van der Waals surface area contributed by atoms with Crippen molar-refractivity contribution < 1.29 is 13.6 Å². The zero-order valence-corrected chi connectivity index (χ0v) is 14.9. The van der Waals surface area contributed by atoms with Gasteiger partial charge in [0.05, 0.1) is 5.56 Å². The molecule has 2 atom stereocenters. The summed E-state index contributed by atoms with van der Waals surface area (Å²) in [5.74, 6) is -1.95. The quantitative estimate of drug-likeness (QED) is 0.779. The van der Waals surface area contributed by atoms with Crippen LogP contribution in [0.2, 0.25) is 0 Å². The molecule has 1 aromatic rings. The van der Waals surface area contributed by atoms with Crippen molar-refractivity contribution in [2.75, 3.05) is 0 Å². The van der Waals surface area contributed by atoms with E-state index in [9.17, 15) is 13.6 Å². The Morgan fingerprint density at radius 3 is 2.46 bits per heavy atom. The molecule has 2 aliphatic rings. The van der Waals surface area contributed by atoms with E-state index < -0.39 is 5.76 Å². The van der Waals surface area contributed by atoms with Crippen LogP contribution >= 0.6 is 24.2 Å². The van der Waals surface area contributed by atoms with Crippen LogP contribution in [0.5, 0.6) is 0 Å². The maximum absolute atomic E-state index is 12.7. The number of hydrogen-bond acceptors (Lipinski definition) is 3. The second kappa shape index (κ2) is 8.50. The van der Waals surface area contributed by atoms with Crippen molar-refractivity contribution in [1.82, 2.24) is 5.32 Å². The highest BCUT2D eigenvalue weighted by Gasteiger charge is 2.40. The molecule has 134 valence electrons. The molecule has 0 radical (unpaired) electrons. The summed E-state index contributed by atoms with van der Waals surface area (Å²) < 4.78 is 25.3. The van der Waals surface area contributed by atoms with Crippen LogP contribution in [-0.4, -0.2) is 23.7 Å². The number of rotatable bonds is 4. The minimum atomic E-state index is -2.53. The Morgan fingerprint density at radius 1 is 1.21 bits per heavy atom. The molecular weight excluding hydrogens is 354 g/mol. The Hall–Kier alpha value is -0.850. The first kappa shape index (κ1) is 19.5. The summed E-state index contributed by atoms with van der Waals surface area (Å²) in [6.07, 6.45) is 5.24. The number of nitrogens with one attached hydrogen (secondary N) is 1. The molecule has 2 saturated carbocycles. The molecule has 3 nitrogen and oxygen atoms in total. The van der Waals surface area contributed by atoms with Gasteiger partial charge in [0, 0.05) is 17.0 Å². The SMILES string of the molecule is Cl.NC1CC2CCCC(C1)C2NC(=O)c1ccccc1SC(F)F. The fraction of sp³-hybridized carbons (Fsp3) is 0.588. The first-order valence-corrected chi connectivity index (χ1v) is 9.03. The highest BCUT2D eigenvalue weighted by molar-refractivity contribution is 7.99. The number of carbonyl (C=O) groups is 1. The molecule has 0 heterocycles. The summed E-state index contributed by atoms with van der Waals surface area (Å²) in [4.78, 5) is 13.0. The van der Waals surface area contributed by atoms with E-state index in [-0.39, 0.29) is 30.4 Å². The maximum Gasteiger partial charge on any atom is 0.288 e. The van der Waals surface area contributed by atoms with Gasteiger partial charge in [0.25, 0.3) is 11.7 Å². The van der Waals surface area contributed by atoms with Crippen LogP contribution in [0.3, 0.4) is 0 Å². The van der Waals surface area contributed by atoms with Crippen LogP contribution in [-0.2, 0) is 0 Å². The standard InChI is InChI=1S/C17H22F2N2OS.ClH/c18-17(19)23-14-7-2-1-6-13(14)16(22)21-15-10-4-3-5-11(15)9-12(20)8-10;/h1-2,6-7,10-12,15,17H,3-5,8-9,20H2,(H,21,22);1H. The first-order valence-electron chi connectivity index (χ1n) is 8.15. The molecule has 2 fully saturated rings. The summed E-state index contributed by atoms with van der Waals surface area (Å²) in [7, 11) is 0. The van der Waals surface area contributed by atoms with Gasteiger partial charge in [-0.25, -0.2) is 0 Å². The van der Waals surface area contributed by atoms with E-state index in [1.165, 1.54) is 6.42 Å². The number of hydrogen-bond donors (Lipinski definition) is 2. The molecule has 24 heavy (non-hydrogen) atoms. The molecular formula is C17H23ClF2N2OS. The second-order valence-electron chi connectivity index (χ2n) is 6.56. The maximum atomic E-state index is 12.7. The van der Waals surface area contributed by atoms with Crippen LogP contribution in [0.4, 0.5) is 8.78 Å². The minimum absolute atomic E-state index is 0. The minimum Gasteiger partial charge on any atom is -0.349 e. The lowest BCUT2D eigenvalue weighted by atomic mass is 9.67. The molecule has 0 aromatic heterocycles. The smallest absolute Gasteiger partial charge is 0.288 e. The monoisotopic (exact) mass is 376 g/mol. The largest absolute Gasteiger partial charge is 0.349 e. The lowest BCUT2D eigenvalue weighted by molar-refractivity contribution is 0.0753. The average molecular weight is 377 g/mol. The van der Waals surface area contributed by atoms with E-state index in [4.69, 9.17) is 5.73 Å². The van der Waals surface area contributed by atoms with Crippen molar-refractivity contribution >= 4 is 30.1 Å². The highest BCUT2D eigenvalue weighted by Crippen LogP contribution is 2.40. The van der Waals surface area contributed by atoms with E-state index in [2.05, 4.69) is 5.32 Å². The number of thioether (sulfide) groups is 1. The van der Waals surface area contributed by atoms with Gasteiger partial charge >= 0.3 is 0 Å². The van der Waals surface area contributed by atoms with Crippen molar-refractivity contribution in [3.8, 4) is 0 Å². The number of alkyl halides is 2. The molecule has 1 aromatic carbocycles. The predicted molar refractivity (Wildman–Crippen MR) is 94.8 cm³/mol. The number of fused-ring (bicyclic) bond motifs is 2. The van der Waals surface area contributed by atoms with E-state index in [0.717, 1.165) is 25.7 Å². The Kier molecular flexibility index (Phi) is 6.89. The Labute approximate surface area is 151 Å². The fourth-order valence-corrected chi connectivity index (χ4v) is 4.74. The first-order chi connectivity index (χ1) is 11.0. The summed E-state index contributed by atoms with van der Waals surface area (Å²) >= 11 is 0.423. The van der Waals surface area contributed by atoms with Crippen LogP contribution < -0.4 is 11.1 Å². The van der Waals surface area contributed by atoms with Crippen LogP contribution in [0.15, 0.2) is 29.2 Å². The van der Waals surface area contributed by atoms with E-state index in [1.54, 1.807) is 24.3 Å². The van der Waals surface area contributed by atoms with Gasteiger partial charge in [0.2, 0.25) is 0 Å². The van der Waals surface area contributed by atoms with Crippen LogP contribution in [0, 0.1) is 11.8 Å². The van der Waals surface area contributed by atoms with Crippen molar-refractivity contribution in [3.05, 3.63) is 29.8 Å². The van der Waals surface area contributed by atoms with Gasteiger partial charge in [0.1, 0.15) is 0 Å². The van der Waals surface area contributed by atoms with Gasteiger partial charge in [0.15, 0.2) is 0 Å². The van der Waals surface area contributed by atoms with Gasteiger partial charge in [-0.1, -0.05) is 30.3 Å². The summed E-state index contributed by atoms with van der Waals surface area (Å²) in [5, 5.41) is 3.12. The molecule has 0 aliphatic heterocycles. The zero-order valence-electron chi connectivity index (χ0n) is 13.3. The summed E-state index contributed by atoms with van der Waals surface area (Å²) in [6.45, 7) is 0. The van der Waals surface area contributed by atoms with Gasteiger partial charge in [-0.3, -0.25) is 4.79 Å². The normalized spacial score (nSPS) is 29.0. The van der Waals surface area contributed by atoms with Gasteiger partial charge < -0.3 is 11.1 Å². The van der Waals surface area contributed by atoms with Gasteiger partial charge in [-0.05, 0) is 49.7 Å². The van der Waals surface area contributed by atoms with Crippen molar-refractivity contribution in [3.63, 3.8) is 0 Å². The third kappa shape index (κ3) is 4.41. The van der Waals surface area contributed by atoms with Crippen LogP contribution in [0.25, 0.3) is 0 Å². The van der Waals surface area contributed by atoms with E-state index in [1.807, 2.05) is 0 Å². The van der Waals surface area contributed by atoms with Gasteiger partial charge in [-0.2, -0.15) is 8.78 Å². The van der Waals surface area contributed by atoms with Crippen molar-refractivity contribution in [2.24, 2.45) is 17.6 Å². The van der Waals surface area contributed by atoms with Gasteiger partial charge in [-0.15, -0.1) is 12.4 Å². The fourth-order valence-electron chi connectivity index (χ4n) is 4.11. The van der Waals surface area contributed by atoms with Crippen molar-refractivity contribution in [2.45, 2.75) is 54.8 Å². The zero-order chi connectivity index (χ0) is 16.4. The third-order valence-electron chi connectivity index (χ3n) is 5.02. The molecule has 0 spiro atoms. The van der Waals surface area contributed by atoms with Crippen molar-refractivity contribution in [1.29, 1.82) is 0 Å². The lowest BCUT2D eigenvalue weighted by Crippen LogP contribution is -2.53. The molecule has 0 saturated heterocycles. The van der Waals surface area contributed by atoms with E-state index >= 15 is 0 Å². The third-order valence-corrected chi connectivity index (χ3v) is 5.81. The number of halogens is 3. The molecule has 7 heteroatoms. The number of amides is 1. The molecule has 2 unspecified atom stereocenters. The molecule has 1 amide bonds. The second-order valence-corrected chi connectivity index (χ2v) is 7.59. The predicted octanol–water partition coefficient (Wildman–Crippen LogP) is 4.06. The highest BCUT2D eigenvalue weighted by atomic mass is 35.5. The Balaban J connectivity index is 0.00000208. The number of benzene rings is 1. The van der Waals surface area contributed by atoms with Crippen LogP contribution in [0.1, 0.15) is 42.5 Å². The lowest BCUT2D eigenvalue weighted by Gasteiger charge is -2.45. The number of nitrogens with two attached hydrogens (primary N) is 1. The molecule has 3 rings (SSSR count). The number of carbonyl (C=O) groups excluding carboxylic acids is 1. The van der Waals surface area contributed by atoms with E-state index in [0.29, 0.717) is 34.1 Å². The molecule has 2 bridgehead atoms.